The van der Waals surface area contributed by atoms with Gasteiger partial charge in [-0.25, -0.2) is 4.39 Å². The van der Waals surface area contributed by atoms with Crippen molar-refractivity contribution in [3.8, 4) is 6.07 Å². The molecule has 0 radical (unpaired) electrons. The summed E-state index contributed by atoms with van der Waals surface area (Å²) < 4.78 is 13.0. The van der Waals surface area contributed by atoms with Crippen molar-refractivity contribution in [2.75, 3.05) is 5.32 Å². The Balaban J connectivity index is 1.85. The largest absolute Gasteiger partial charge is 0.312 e. The molecule has 2 aromatic rings. The van der Waals surface area contributed by atoms with Crippen LogP contribution in [0.3, 0.4) is 0 Å². The van der Waals surface area contributed by atoms with Crippen LogP contribution in [0.15, 0.2) is 24.3 Å². The molecule has 0 saturated heterocycles. The van der Waals surface area contributed by atoms with E-state index < -0.39 is 0 Å². The van der Waals surface area contributed by atoms with Crippen molar-refractivity contribution in [3.63, 3.8) is 0 Å². The summed E-state index contributed by atoms with van der Waals surface area (Å²) in [5, 5.41) is 13.1. The van der Waals surface area contributed by atoms with Crippen molar-refractivity contribution in [2.24, 2.45) is 11.3 Å². The molecule has 1 amide bonds. The summed E-state index contributed by atoms with van der Waals surface area (Å²) in [7, 11) is 0. The highest BCUT2D eigenvalue weighted by molar-refractivity contribution is 7.16. The highest BCUT2D eigenvalue weighted by Crippen LogP contribution is 2.45. The van der Waals surface area contributed by atoms with Gasteiger partial charge in [0.25, 0.3) is 5.91 Å². The van der Waals surface area contributed by atoms with Gasteiger partial charge in [0.1, 0.15) is 16.9 Å². The van der Waals surface area contributed by atoms with Gasteiger partial charge in [0.2, 0.25) is 0 Å². The quantitative estimate of drug-likeness (QED) is 0.767. The summed E-state index contributed by atoms with van der Waals surface area (Å²) in [5.41, 5.74) is 2.33. The van der Waals surface area contributed by atoms with E-state index >= 15 is 0 Å². The number of hydrogen-bond donors (Lipinski definition) is 1. The topological polar surface area (TPSA) is 52.9 Å². The Morgan fingerprint density at radius 2 is 2.08 bits per heavy atom. The Kier molecular flexibility index (Phi) is 5.15. The normalized spacial score (nSPS) is 16.7. The minimum atomic E-state index is -0.379. The van der Waals surface area contributed by atoms with Crippen molar-refractivity contribution >= 4 is 22.2 Å². The first kappa shape index (κ1) is 18.6. The summed E-state index contributed by atoms with van der Waals surface area (Å²) in [6.07, 6.45) is 4.04. The Bertz CT molecular complexity index is 861. The van der Waals surface area contributed by atoms with E-state index in [2.05, 4.69) is 32.2 Å². The lowest BCUT2D eigenvalue weighted by atomic mass is 9.69. The lowest BCUT2D eigenvalue weighted by molar-refractivity contribution is 0.102. The van der Waals surface area contributed by atoms with Crippen molar-refractivity contribution in [1.82, 2.24) is 0 Å². The zero-order chi connectivity index (χ0) is 18.9. The van der Waals surface area contributed by atoms with E-state index in [1.165, 1.54) is 40.5 Å². The van der Waals surface area contributed by atoms with Crippen molar-refractivity contribution in [2.45, 2.75) is 46.5 Å². The van der Waals surface area contributed by atoms with Gasteiger partial charge in [-0.1, -0.05) is 27.2 Å². The first-order chi connectivity index (χ1) is 12.4. The zero-order valence-electron chi connectivity index (χ0n) is 15.4. The molecule has 3 rings (SSSR count). The second-order valence-electron chi connectivity index (χ2n) is 7.56. The van der Waals surface area contributed by atoms with Gasteiger partial charge in [0.05, 0.1) is 5.56 Å². The molecule has 1 heterocycles. The first-order valence-electron chi connectivity index (χ1n) is 8.97. The van der Waals surface area contributed by atoms with E-state index in [0.717, 1.165) is 31.2 Å². The van der Waals surface area contributed by atoms with Crippen LogP contribution >= 0.6 is 11.3 Å². The molecular formula is C21H23FN2OS. The predicted molar refractivity (Wildman–Crippen MR) is 103 cm³/mol. The predicted octanol–water partition coefficient (Wildman–Crippen LogP) is 5.55. The molecule has 0 aliphatic heterocycles. The maximum absolute atomic E-state index is 13.0. The van der Waals surface area contributed by atoms with Gasteiger partial charge in [-0.05, 0) is 60.4 Å². The summed E-state index contributed by atoms with van der Waals surface area (Å²) in [6.45, 7) is 6.83. The standard InChI is InChI=1S/C21H23FN2OS/c1-4-21(2,3)14-7-10-16-17(12-23)20(26-18(16)11-14)24-19(25)13-5-8-15(22)9-6-13/h5-6,8-9,14H,4,7,10-11H2,1-3H3,(H,24,25). The molecular weight excluding hydrogens is 347 g/mol. The second-order valence-corrected chi connectivity index (χ2v) is 8.67. The maximum atomic E-state index is 13.0. The van der Waals surface area contributed by atoms with Gasteiger partial charge in [0.15, 0.2) is 0 Å². The number of rotatable bonds is 4. The number of fused-ring (bicyclic) bond motifs is 1. The highest BCUT2D eigenvalue weighted by Gasteiger charge is 2.34. The fourth-order valence-electron chi connectivity index (χ4n) is 3.52. The van der Waals surface area contributed by atoms with Crippen molar-refractivity contribution in [3.05, 3.63) is 51.7 Å². The van der Waals surface area contributed by atoms with Crippen LogP contribution in [-0.2, 0) is 12.8 Å². The molecule has 26 heavy (non-hydrogen) atoms. The Hall–Kier alpha value is -2.19. The molecule has 0 spiro atoms. The number of carbonyl (C=O) groups excluding carboxylic acids is 1. The van der Waals surface area contributed by atoms with Crippen LogP contribution in [0.1, 0.15) is 60.0 Å². The van der Waals surface area contributed by atoms with Crippen molar-refractivity contribution < 1.29 is 9.18 Å². The van der Waals surface area contributed by atoms with Gasteiger partial charge in [-0.15, -0.1) is 11.3 Å². The summed E-state index contributed by atoms with van der Waals surface area (Å²) >= 11 is 1.51. The van der Waals surface area contributed by atoms with E-state index in [-0.39, 0.29) is 17.1 Å². The lowest BCUT2D eigenvalue weighted by Gasteiger charge is -2.36. The average molecular weight is 370 g/mol. The van der Waals surface area contributed by atoms with Crippen molar-refractivity contribution in [1.29, 1.82) is 5.26 Å². The van der Waals surface area contributed by atoms with E-state index in [9.17, 15) is 14.4 Å². The molecule has 5 heteroatoms. The Morgan fingerprint density at radius 1 is 1.38 bits per heavy atom. The van der Waals surface area contributed by atoms with E-state index in [1.807, 2.05) is 0 Å². The molecule has 1 N–H and O–H groups in total. The van der Waals surface area contributed by atoms with Gasteiger partial charge in [0, 0.05) is 10.4 Å². The third-order valence-corrected chi connectivity index (χ3v) is 6.90. The van der Waals surface area contributed by atoms with Crippen LogP contribution in [0.25, 0.3) is 0 Å². The number of benzene rings is 1. The molecule has 1 aliphatic rings. The second kappa shape index (κ2) is 7.20. The third-order valence-electron chi connectivity index (χ3n) is 5.73. The zero-order valence-corrected chi connectivity index (χ0v) is 16.2. The molecule has 1 atom stereocenters. The molecule has 0 fully saturated rings. The SMILES string of the molecule is CCC(C)(C)C1CCc2c(sc(NC(=O)c3ccc(F)cc3)c2C#N)C1. The smallest absolute Gasteiger partial charge is 0.256 e. The Morgan fingerprint density at radius 3 is 2.69 bits per heavy atom. The number of amides is 1. The molecule has 1 unspecified atom stereocenters. The van der Waals surface area contributed by atoms with E-state index in [0.29, 0.717) is 22.0 Å². The number of nitriles is 1. The molecule has 1 aromatic heterocycles. The molecule has 1 aliphatic carbocycles. The van der Waals surface area contributed by atoms with Crippen LogP contribution in [0.4, 0.5) is 9.39 Å². The van der Waals surface area contributed by atoms with E-state index in [4.69, 9.17) is 0 Å². The molecule has 1 aromatic carbocycles. The maximum Gasteiger partial charge on any atom is 0.256 e. The number of anilines is 1. The highest BCUT2D eigenvalue weighted by atomic mass is 32.1. The lowest BCUT2D eigenvalue weighted by Crippen LogP contribution is -2.28. The number of nitrogens with one attached hydrogen (secondary N) is 1. The number of halogens is 1. The minimum Gasteiger partial charge on any atom is -0.312 e. The molecule has 3 nitrogen and oxygen atoms in total. The number of thiophene rings is 1. The van der Waals surface area contributed by atoms with Crippen LogP contribution in [-0.4, -0.2) is 5.91 Å². The number of carbonyl (C=O) groups is 1. The van der Waals surface area contributed by atoms with Gasteiger partial charge in [-0.2, -0.15) is 5.26 Å². The van der Waals surface area contributed by atoms with Crippen LogP contribution < -0.4 is 5.32 Å². The summed E-state index contributed by atoms with van der Waals surface area (Å²) in [5.74, 6) is -0.105. The molecule has 0 saturated carbocycles. The van der Waals surface area contributed by atoms with Gasteiger partial charge in [-0.3, -0.25) is 4.79 Å². The fourth-order valence-corrected chi connectivity index (χ4v) is 4.80. The minimum absolute atomic E-state index is 0.270. The van der Waals surface area contributed by atoms with E-state index in [1.54, 1.807) is 0 Å². The third kappa shape index (κ3) is 3.52. The summed E-state index contributed by atoms with van der Waals surface area (Å²) in [6, 6.07) is 7.69. The van der Waals surface area contributed by atoms with Gasteiger partial charge < -0.3 is 5.32 Å². The van der Waals surface area contributed by atoms with Crippen LogP contribution in [0.2, 0.25) is 0 Å². The van der Waals surface area contributed by atoms with Gasteiger partial charge >= 0.3 is 0 Å². The number of hydrogen-bond acceptors (Lipinski definition) is 3. The monoisotopic (exact) mass is 370 g/mol. The summed E-state index contributed by atoms with van der Waals surface area (Å²) in [4.78, 5) is 13.7. The fraction of sp³-hybridized carbons (Fsp3) is 0.429. The van der Waals surface area contributed by atoms with Crippen LogP contribution in [0.5, 0.6) is 0 Å². The first-order valence-corrected chi connectivity index (χ1v) is 9.79. The molecule has 136 valence electrons. The molecule has 0 bridgehead atoms. The number of nitrogens with zero attached hydrogens (tertiary/aromatic N) is 1. The Labute approximate surface area is 157 Å². The van der Waals surface area contributed by atoms with Crippen LogP contribution in [0, 0.1) is 28.5 Å². The average Bonchev–Trinajstić information content (AvgIpc) is 2.98.